The van der Waals surface area contributed by atoms with Crippen molar-refractivity contribution in [2.24, 2.45) is 0 Å². The largest absolute Gasteiger partial charge is 0.481 e. The summed E-state index contributed by atoms with van der Waals surface area (Å²) in [4.78, 5) is 23.9. The third-order valence-electron chi connectivity index (χ3n) is 5.61. The molecule has 3 aromatic carbocycles. The predicted molar refractivity (Wildman–Crippen MR) is 119 cm³/mol. The predicted octanol–water partition coefficient (Wildman–Crippen LogP) is 5.70. The molecule has 1 aliphatic rings. The van der Waals surface area contributed by atoms with Crippen molar-refractivity contribution in [2.45, 2.75) is 25.3 Å². The quantitative estimate of drug-likeness (QED) is 0.520. The van der Waals surface area contributed by atoms with Crippen LogP contribution in [0, 0.1) is 6.92 Å². The van der Waals surface area contributed by atoms with E-state index in [0.717, 1.165) is 27.8 Å². The molecule has 1 amide bonds. The number of carboxylic acid groups (broad SMARTS) is 1. The highest BCUT2D eigenvalue weighted by atomic mass is 35.5. The van der Waals surface area contributed by atoms with E-state index in [2.05, 4.69) is 17.4 Å². The van der Waals surface area contributed by atoms with Gasteiger partial charge in [0.1, 0.15) is 6.61 Å². The van der Waals surface area contributed by atoms with Crippen LogP contribution in [0.15, 0.2) is 66.7 Å². The van der Waals surface area contributed by atoms with Gasteiger partial charge in [-0.15, -0.1) is 0 Å². The Morgan fingerprint density at radius 3 is 2.23 bits per heavy atom. The van der Waals surface area contributed by atoms with E-state index in [0.29, 0.717) is 10.6 Å². The number of carbonyl (C=O) groups is 2. The zero-order valence-corrected chi connectivity index (χ0v) is 17.7. The van der Waals surface area contributed by atoms with Crippen molar-refractivity contribution in [1.29, 1.82) is 0 Å². The van der Waals surface area contributed by atoms with Crippen LogP contribution in [0.4, 0.5) is 4.79 Å². The Balaban J connectivity index is 1.49. The van der Waals surface area contributed by atoms with Gasteiger partial charge in [0.15, 0.2) is 0 Å². The van der Waals surface area contributed by atoms with Gasteiger partial charge in [0, 0.05) is 10.9 Å². The summed E-state index contributed by atoms with van der Waals surface area (Å²) in [7, 11) is 0. The van der Waals surface area contributed by atoms with Crippen LogP contribution in [-0.2, 0) is 9.53 Å². The number of amides is 1. The van der Waals surface area contributed by atoms with Gasteiger partial charge in [0.25, 0.3) is 0 Å². The van der Waals surface area contributed by atoms with E-state index in [1.807, 2.05) is 43.3 Å². The molecular weight excluding hydrogens is 414 g/mol. The highest BCUT2D eigenvalue weighted by molar-refractivity contribution is 6.31. The number of ether oxygens (including phenoxy) is 1. The van der Waals surface area contributed by atoms with Crippen LogP contribution in [-0.4, -0.2) is 23.8 Å². The molecule has 31 heavy (non-hydrogen) atoms. The number of alkyl carbamates (subject to hydrolysis) is 1. The van der Waals surface area contributed by atoms with Gasteiger partial charge in [-0.2, -0.15) is 0 Å². The summed E-state index contributed by atoms with van der Waals surface area (Å²) in [6.45, 7) is 2.02. The second-order valence-electron chi connectivity index (χ2n) is 7.63. The summed E-state index contributed by atoms with van der Waals surface area (Å²) in [6.07, 6.45) is -0.936. The lowest BCUT2D eigenvalue weighted by Crippen LogP contribution is -2.31. The first-order valence-corrected chi connectivity index (χ1v) is 10.4. The Kier molecular flexibility index (Phi) is 5.96. The molecule has 4 rings (SSSR count). The van der Waals surface area contributed by atoms with Crippen LogP contribution in [0.3, 0.4) is 0 Å². The molecule has 0 radical (unpaired) electrons. The molecule has 0 saturated carbocycles. The van der Waals surface area contributed by atoms with Gasteiger partial charge in [0.05, 0.1) is 12.5 Å². The lowest BCUT2D eigenvalue weighted by atomic mass is 9.98. The van der Waals surface area contributed by atoms with E-state index in [1.54, 1.807) is 18.2 Å². The smallest absolute Gasteiger partial charge is 0.407 e. The molecule has 1 aliphatic carbocycles. The summed E-state index contributed by atoms with van der Waals surface area (Å²) in [5, 5.41) is 12.5. The number of aliphatic carboxylic acids is 1. The fourth-order valence-corrected chi connectivity index (χ4v) is 4.22. The fraction of sp³-hybridized carbons (Fsp3) is 0.200. The van der Waals surface area contributed by atoms with E-state index in [4.69, 9.17) is 16.3 Å². The number of hydrogen-bond acceptors (Lipinski definition) is 3. The Morgan fingerprint density at radius 1 is 1.03 bits per heavy atom. The lowest BCUT2D eigenvalue weighted by molar-refractivity contribution is -0.137. The van der Waals surface area contributed by atoms with E-state index in [-0.39, 0.29) is 18.9 Å². The second-order valence-corrected chi connectivity index (χ2v) is 8.04. The second kappa shape index (κ2) is 8.82. The monoisotopic (exact) mass is 435 g/mol. The summed E-state index contributed by atoms with van der Waals surface area (Å²) in [6, 6.07) is 20.7. The maximum atomic E-state index is 12.6. The van der Waals surface area contributed by atoms with E-state index in [9.17, 15) is 14.7 Å². The number of carboxylic acids is 1. The molecule has 0 bridgehead atoms. The van der Waals surface area contributed by atoms with Gasteiger partial charge in [-0.1, -0.05) is 72.3 Å². The van der Waals surface area contributed by atoms with Crippen molar-refractivity contribution >= 4 is 23.7 Å². The van der Waals surface area contributed by atoms with Crippen molar-refractivity contribution in [2.75, 3.05) is 6.61 Å². The standard InChI is InChI=1S/C25H22ClNO4/c1-15-10-11-16(12-22(15)26)23(13-24(28)29)27-25(30)31-14-21-19-8-4-2-6-17(19)18-7-3-5-9-20(18)21/h2-12,21,23H,13-14H2,1H3,(H,27,30)(H,28,29). The third kappa shape index (κ3) is 4.42. The molecule has 3 aromatic rings. The van der Waals surface area contributed by atoms with Crippen molar-refractivity contribution in [3.63, 3.8) is 0 Å². The Hall–Kier alpha value is -3.31. The van der Waals surface area contributed by atoms with Crippen LogP contribution in [0.5, 0.6) is 0 Å². The minimum Gasteiger partial charge on any atom is -0.481 e. The van der Waals surface area contributed by atoms with Crippen LogP contribution >= 0.6 is 11.6 Å². The molecule has 2 N–H and O–H groups in total. The molecule has 0 saturated heterocycles. The number of rotatable bonds is 6. The van der Waals surface area contributed by atoms with Gasteiger partial charge in [-0.25, -0.2) is 4.79 Å². The Bertz CT molecular complexity index is 1100. The number of fused-ring (bicyclic) bond motifs is 3. The van der Waals surface area contributed by atoms with Crippen LogP contribution < -0.4 is 5.32 Å². The topological polar surface area (TPSA) is 75.6 Å². The Morgan fingerprint density at radius 2 is 1.65 bits per heavy atom. The zero-order valence-electron chi connectivity index (χ0n) is 17.0. The van der Waals surface area contributed by atoms with Gasteiger partial charge in [0.2, 0.25) is 0 Å². The highest BCUT2D eigenvalue weighted by Gasteiger charge is 2.29. The molecule has 0 spiro atoms. The minimum absolute atomic E-state index is 0.0649. The van der Waals surface area contributed by atoms with Crippen molar-refractivity contribution < 1.29 is 19.4 Å². The fourth-order valence-electron chi connectivity index (χ4n) is 4.04. The molecule has 158 valence electrons. The van der Waals surface area contributed by atoms with Crippen LogP contribution in [0.1, 0.15) is 40.6 Å². The normalized spacial score (nSPS) is 13.2. The molecule has 1 unspecified atom stereocenters. The maximum Gasteiger partial charge on any atom is 0.407 e. The van der Waals surface area contributed by atoms with Gasteiger partial charge in [-0.05, 0) is 46.4 Å². The molecular formula is C25H22ClNO4. The van der Waals surface area contributed by atoms with Crippen molar-refractivity contribution in [3.05, 3.63) is 94.0 Å². The maximum absolute atomic E-state index is 12.6. The van der Waals surface area contributed by atoms with Crippen LogP contribution in [0.2, 0.25) is 5.02 Å². The molecule has 0 aromatic heterocycles. The number of benzene rings is 3. The molecule has 1 atom stereocenters. The summed E-state index contributed by atoms with van der Waals surface area (Å²) < 4.78 is 5.55. The molecule has 5 nitrogen and oxygen atoms in total. The number of halogens is 1. The molecule has 6 heteroatoms. The van der Waals surface area contributed by atoms with Crippen LogP contribution in [0.25, 0.3) is 11.1 Å². The summed E-state index contributed by atoms with van der Waals surface area (Å²) in [5.74, 6) is -1.09. The first-order chi connectivity index (χ1) is 14.9. The zero-order chi connectivity index (χ0) is 22.0. The average Bonchev–Trinajstić information content (AvgIpc) is 3.07. The van der Waals surface area contributed by atoms with Gasteiger partial charge >= 0.3 is 12.1 Å². The minimum atomic E-state index is -1.03. The summed E-state index contributed by atoms with van der Waals surface area (Å²) in [5.41, 5.74) is 6.01. The van der Waals surface area contributed by atoms with E-state index >= 15 is 0 Å². The van der Waals surface area contributed by atoms with Gasteiger partial charge < -0.3 is 15.2 Å². The number of hydrogen-bond donors (Lipinski definition) is 2. The first kappa shape index (κ1) is 20.9. The molecule has 0 aliphatic heterocycles. The number of nitrogens with one attached hydrogen (secondary N) is 1. The average molecular weight is 436 g/mol. The summed E-state index contributed by atoms with van der Waals surface area (Å²) >= 11 is 6.18. The van der Waals surface area contributed by atoms with Gasteiger partial charge in [-0.3, -0.25) is 4.79 Å². The first-order valence-electron chi connectivity index (χ1n) is 10.0. The molecule has 0 heterocycles. The van der Waals surface area contributed by atoms with Crippen molar-refractivity contribution in [3.8, 4) is 11.1 Å². The number of aryl methyl sites for hydroxylation is 1. The molecule has 0 fully saturated rings. The highest BCUT2D eigenvalue weighted by Crippen LogP contribution is 2.44. The third-order valence-corrected chi connectivity index (χ3v) is 6.02. The van der Waals surface area contributed by atoms with E-state index in [1.165, 1.54) is 0 Å². The SMILES string of the molecule is Cc1ccc(C(CC(=O)O)NC(=O)OCC2c3ccccc3-c3ccccc32)cc1Cl. The van der Waals surface area contributed by atoms with Crippen molar-refractivity contribution in [1.82, 2.24) is 5.32 Å². The number of carbonyl (C=O) groups excluding carboxylic acids is 1. The Labute approximate surface area is 185 Å². The van der Waals surface area contributed by atoms with E-state index < -0.39 is 18.1 Å². The lowest BCUT2D eigenvalue weighted by Gasteiger charge is -2.19.